The van der Waals surface area contributed by atoms with Gasteiger partial charge in [0.2, 0.25) is 0 Å². The number of rotatable bonds is 2. The van der Waals surface area contributed by atoms with E-state index in [0.29, 0.717) is 6.33 Å². The Morgan fingerprint density at radius 1 is 1.25 bits per heavy atom. The van der Waals surface area contributed by atoms with Crippen LogP contribution in [0.15, 0.2) is 29.6 Å². The number of hydrogen-bond donors (Lipinski definition) is 0. The molecule has 0 N–H and O–H groups in total. The molecular formula is C6H8FN. The minimum Gasteiger partial charge on any atom is -0.297 e. The topological polar surface area (TPSA) is 12.4 Å². The summed E-state index contributed by atoms with van der Waals surface area (Å²) in [5.74, 6) is 0. The number of hydrogen-bond acceptors (Lipinski definition) is 1. The Balaban J connectivity index is 3.35. The maximum absolute atomic E-state index is 11.1. The highest BCUT2D eigenvalue weighted by atomic mass is 19.1. The third kappa shape index (κ3) is 5.08. The molecule has 0 aliphatic carbocycles. The SMILES string of the molecule is CN=C/C=C\C=C\F. The van der Waals surface area contributed by atoms with Crippen molar-refractivity contribution in [2.75, 3.05) is 7.05 Å². The Hall–Kier alpha value is -0.920. The highest BCUT2D eigenvalue weighted by Crippen LogP contribution is 1.74. The molecule has 0 aliphatic heterocycles. The molecule has 8 heavy (non-hydrogen) atoms. The van der Waals surface area contributed by atoms with Crippen molar-refractivity contribution in [3.8, 4) is 0 Å². The molecule has 0 aromatic carbocycles. The van der Waals surface area contributed by atoms with Crippen LogP contribution in [-0.4, -0.2) is 13.3 Å². The molecule has 0 heterocycles. The summed E-state index contributed by atoms with van der Waals surface area (Å²) in [6, 6.07) is 0. The van der Waals surface area contributed by atoms with Gasteiger partial charge >= 0.3 is 0 Å². The second kappa shape index (κ2) is 6.08. The van der Waals surface area contributed by atoms with Gasteiger partial charge in [-0.25, -0.2) is 4.39 Å². The van der Waals surface area contributed by atoms with Crippen molar-refractivity contribution < 1.29 is 4.39 Å². The molecule has 0 saturated heterocycles. The highest BCUT2D eigenvalue weighted by molar-refractivity contribution is 5.71. The van der Waals surface area contributed by atoms with E-state index in [0.717, 1.165) is 0 Å². The van der Waals surface area contributed by atoms with E-state index in [4.69, 9.17) is 0 Å². The van der Waals surface area contributed by atoms with Crippen molar-refractivity contribution in [1.82, 2.24) is 0 Å². The minimum atomic E-state index is 0.472. The van der Waals surface area contributed by atoms with Crippen LogP contribution >= 0.6 is 0 Å². The van der Waals surface area contributed by atoms with Crippen LogP contribution in [0.25, 0.3) is 0 Å². The molecule has 0 aromatic rings. The van der Waals surface area contributed by atoms with Crippen LogP contribution in [0.2, 0.25) is 0 Å². The first-order valence-electron chi connectivity index (χ1n) is 2.26. The van der Waals surface area contributed by atoms with Crippen LogP contribution in [0.4, 0.5) is 4.39 Å². The summed E-state index contributed by atoms with van der Waals surface area (Å²) in [6.07, 6.45) is 6.56. The average Bonchev–Trinajstić information content (AvgIpc) is 1.81. The van der Waals surface area contributed by atoms with E-state index in [9.17, 15) is 4.39 Å². The fourth-order valence-corrected chi connectivity index (χ4v) is 0.242. The van der Waals surface area contributed by atoms with Crippen molar-refractivity contribution in [3.05, 3.63) is 24.6 Å². The maximum Gasteiger partial charge on any atom is 0.0866 e. The zero-order valence-electron chi connectivity index (χ0n) is 4.71. The predicted octanol–water partition coefficient (Wildman–Crippen LogP) is 1.73. The van der Waals surface area contributed by atoms with Gasteiger partial charge in [0.25, 0.3) is 0 Å². The number of nitrogens with zero attached hydrogens (tertiary/aromatic N) is 1. The number of aliphatic imine (C=N–C) groups is 1. The number of halogens is 1. The lowest BCUT2D eigenvalue weighted by Crippen LogP contribution is -1.58. The predicted molar refractivity (Wildman–Crippen MR) is 33.8 cm³/mol. The van der Waals surface area contributed by atoms with Gasteiger partial charge in [0, 0.05) is 13.3 Å². The molecule has 44 valence electrons. The Morgan fingerprint density at radius 2 is 2.00 bits per heavy atom. The first-order valence-corrected chi connectivity index (χ1v) is 2.26. The Kier molecular flexibility index (Phi) is 5.38. The third-order valence-corrected chi connectivity index (χ3v) is 0.530. The molecule has 2 heteroatoms. The van der Waals surface area contributed by atoms with E-state index in [1.54, 1.807) is 25.4 Å². The van der Waals surface area contributed by atoms with Crippen molar-refractivity contribution >= 4 is 6.21 Å². The molecule has 0 radical (unpaired) electrons. The van der Waals surface area contributed by atoms with E-state index in [1.165, 1.54) is 6.08 Å². The van der Waals surface area contributed by atoms with E-state index >= 15 is 0 Å². The van der Waals surface area contributed by atoms with E-state index in [-0.39, 0.29) is 0 Å². The van der Waals surface area contributed by atoms with Crippen LogP contribution in [-0.2, 0) is 0 Å². The molecule has 0 amide bonds. The largest absolute Gasteiger partial charge is 0.297 e. The first kappa shape index (κ1) is 7.08. The van der Waals surface area contributed by atoms with Crippen LogP contribution in [0.5, 0.6) is 0 Å². The fraction of sp³-hybridized carbons (Fsp3) is 0.167. The van der Waals surface area contributed by atoms with Gasteiger partial charge in [0.1, 0.15) is 0 Å². The maximum atomic E-state index is 11.1. The van der Waals surface area contributed by atoms with Crippen LogP contribution in [0, 0.1) is 0 Å². The normalized spacial score (nSPS) is 12.8. The van der Waals surface area contributed by atoms with Crippen LogP contribution < -0.4 is 0 Å². The fourth-order valence-electron chi connectivity index (χ4n) is 0.242. The molecule has 0 unspecified atom stereocenters. The van der Waals surface area contributed by atoms with Crippen molar-refractivity contribution in [2.45, 2.75) is 0 Å². The van der Waals surface area contributed by atoms with Crippen LogP contribution in [0.3, 0.4) is 0 Å². The van der Waals surface area contributed by atoms with E-state index in [1.807, 2.05) is 0 Å². The Bertz CT molecular complexity index is 99.7. The Morgan fingerprint density at radius 3 is 2.50 bits per heavy atom. The molecule has 0 atom stereocenters. The molecule has 0 fully saturated rings. The van der Waals surface area contributed by atoms with Gasteiger partial charge in [0.15, 0.2) is 0 Å². The summed E-state index contributed by atoms with van der Waals surface area (Å²) in [5.41, 5.74) is 0. The summed E-state index contributed by atoms with van der Waals surface area (Å²) < 4.78 is 11.1. The van der Waals surface area contributed by atoms with Gasteiger partial charge < -0.3 is 0 Å². The smallest absolute Gasteiger partial charge is 0.0866 e. The second-order valence-corrected chi connectivity index (χ2v) is 1.11. The average molecular weight is 113 g/mol. The lowest BCUT2D eigenvalue weighted by molar-refractivity contribution is 0.721. The monoisotopic (exact) mass is 113 g/mol. The summed E-state index contributed by atoms with van der Waals surface area (Å²) in [7, 11) is 1.66. The molecule has 0 aromatic heterocycles. The van der Waals surface area contributed by atoms with Gasteiger partial charge in [-0.3, -0.25) is 4.99 Å². The highest BCUT2D eigenvalue weighted by Gasteiger charge is 1.57. The van der Waals surface area contributed by atoms with Gasteiger partial charge in [-0.2, -0.15) is 0 Å². The quantitative estimate of drug-likeness (QED) is 0.382. The lowest BCUT2D eigenvalue weighted by atomic mass is 10.5. The zero-order chi connectivity index (χ0) is 6.24. The molecule has 0 aliphatic rings. The Labute approximate surface area is 48.2 Å². The van der Waals surface area contributed by atoms with Gasteiger partial charge in [-0.1, -0.05) is 6.08 Å². The van der Waals surface area contributed by atoms with Crippen LogP contribution in [0.1, 0.15) is 0 Å². The van der Waals surface area contributed by atoms with Gasteiger partial charge in [-0.05, 0) is 12.2 Å². The molecule has 1 nitrogen and oxygen atoms in total. The molecular weight excluding hydrogens is 105 g/mol. The summed E-state index contributed by atoms with van der Waals surface area (Å²) in [5, 5.41) is 0. The second-order valence-electron chi connectivity index (χ2n) is 1.11. The van der Waals surface area contributed by atoms with E-state index in [2.05, 4.69) is 4.99 Å². The standard InChI is InChI=1S/C6H8FN/c1-8-6-4-2-3-5-7/h2-6H,1H3/b4-2-,5-3+,8-6?. The zero-order valence-corrected chi connectivity index (χ0v) is 4.71. The van der Waals surface area contributed by atoms with E-state index < -0.39 is 0 Å². The first-order chi connectivity index (χ1) is 3.91. The van der Waals surface area contributed by atoms with Crippen molar-refractivity contribution in [1.29, 1.82) is 0 Å². The summed E-state index contributed by atoms with van der Waals surface area (Å²) >= 11 is 0. The third-order valence-electron chi connectivity index (χ3n) is 0.530. The van der Waals surface area contributed by atoms with Gasteiger partial charge in [-0.15, -0.1) is 0 Å². The van der Waals surface area contributed by atoms with Crippen molar-refractivity contribution in [2.24, 2.45) is 4.99 Å². The van der Waals surface area contributed by atoms with Crippen molar-refractivity contribution in [3.63, 3.8) is 0 Å². The number of allylic oxidation sites excluding steroid dienone is 3. The minimum absolute atomic E-state index is 0.472. The lowest BCUT2D eigenvalue weighted by Gasteiger charge is -1.67. The molecule has 0 bridgehead atoms. The summed E-state index contributed by atoms with van der Waals surface area (Å²) in [4.78, 5) is 3.64. The van der Waals surface area contributed by atoms with Gasteiger partial charge in [0.05, 0.1) is 6.33 Å². The molecule has 0 saturated carbocycles. The summed E-state index contributed by atoms with van der Waals surface area (Å²) in [6.45, 7) is 0. The molecule has 0 rings (SSSR count). The molecule has 0 spiro atoms.